The van der Waals surface area contributed by atoms with Gasteiger partial charge in [-0.25, -0.2) is 8.42 Å². The van der Waals surface area contributed by atoms with Gasteiger partial charge in [0.1, 0.15) is 11.5 Å². The minimum Gasteiger partial charge on any atom is -0.455 e. The molecule has 1 saturated heterocycles. The van der Waals surface area contributed by atoms with Gasteiger partial charge in [0.2, 0.25) is 0 Å². The van der Waals surface area contributed by atoms with Crippen LogP contribution in [-0.2, 0) is 9.84 Å². The largest absolute Gasteiger partial charge is 0.455 e. The fourth-order valence-electron chi connectivity index (χ4n) is 2.51. The minimum atomic E-state index is -2.95. The van der Waals surface area contributed by atoms with Crippen LogP contribution in [0.1, 0.15) is 12.2 Å². The number of nitrogens with zero attached hydrogens (tertiary/aromatic N) is 1. The Balaban J connectivity index is 1.55. The zero-order chi connectivity index (χ0) is 17.9. The fourth-order valence-corrected chi connectivity index (χ4v) is 4.63. The number of benzene rings is 1. The number of rotatable bonds is 4. The molecule has 0 bridgehead atoms. The van der Waals surface area contributed by atoms with Crippen LogP contribution in [0.25, 0.3) is 11.3 Å². The molecule has 1 aliphatic rings. The van der Waals surface area contributed by atoms with E-state index in [0.717, 1.165) is 5.56 Å². The first-order valence-corrected chi connectivity index (χ1v) is 10.2. The summed E-state index contributed by atoms with van der Waals surface area (Å²) in [7, 11) is -2.95. The molecule has 1 aliphatic heterocycles. The quantitative estimate of drug-likeness (QED) is 0.468. The highest BCUT2D eigenvalue weighted by Crippen LogP contribution is 2.28. The van der Waals surface area contributed by atoms with Crippen molar-refractivity contribution in [1.82, 2.24) is 10.7 Å². The molecule has 1 fully saturated rings. The van der Waals surface area contributed by atoms with Crippen LogP contribution in [0, 0.1) is 0 Å². The van der Waals surface area contributed by atoms with E-state index in [2.05, 4.69) is 15.8 Å². The molecule has 25 heavy (non-hydrogen) atoms. The van der Waals surface area contributed by atoms with E-state index in [9.17, 15) is 8.42 Å². The molecule has 2 heterocycles. The summed E-state index contributed by atoms with van der Waals surface area (Å²) in [6.07, 6.45) is 2.03. The van der Waals surface area contributed by atoms with Gasteiger partial charge in [0, 0.05) is 11.6 Å². The van der Waals surface area contributed by atoms with Crippen molar-refractivity contribution in [3.05, 3.63) is 47.2 Å². The second-order valence-corrected chi connectivity index (χ2v) is 8.67. The maximum absolute atomic E-state index is 11.4. The van der Waals surface area contributed by atoms with Crippen LogP contribution < -0.4 is 10.7 Å². The molecule has 132 valence electrons. The lowest BCUT2D eigenvalue weighted by Gasteiger charge is -2.11. The average molecular weight is 398 g/mol. The summed E-state index contributed by atoms with van der Waals surface area (Å²) in [5, 5.41) is 7.81. The first-order chi connectivity index (χ1) is 11.9. The van der Waals surface area contributed by atoms with Crippen LogP contribution in [-0.4, -0.2) is 37.3 Å². The molecule has 0 radical (unpaired) electrons. The third-order valence-electron chi connectivity index (χ3n) is 3.69. The van der Waals surface area contributed by atoms with Crippen molar-refractivity contribution in [2.24, 2.45) is 5.10 Å². The van der Waals surface area contributed by atoms with Crippen LogP contribution in [0.2, 0.25) is 5.02 Å². The second-order valence-electron chi connectivity index (χ2n) is 5.63. The van der Waals surface area contributed by atoms with Gasteiger partial charge in [-0.1, -0.05) is 23.7 Å². The fraction of sp³-hybridized carbons (Fsp3) is 0.250. The predicted octanol–water partition coefficient (Wildman–Crippen LogP) is 2.59. The van der Waals surface area contributed by atoms with E-state index < -0.39 is 9.84 Å². The molecule has 0 spiro atoms. The Hall–Kier alpha value is -1.90. The Bertz CT molecular complexity index is 909. The van der Waals surface area contributed by atoms with Crippen LogP contribution in [0.3, 0.4) is 0 Å². The van der Waals surface area contributed by atoms with E-state index in [-0.39, 0.29) is 22.7 Å². The molecule has 6 nitrogen and oxygen atoms in total. The van der Waals surface area contributed by atoms with E-state index in [1.807, 2.05) is 24.3 Å². The van der Waals surface area contributed by atoms with Gasteiger partial charge in [-0.15, -0.1) is 0 Å². The number of hydrogen-bond donors (Lipinski definition) is 2. The number of halogens is 1. The molecular weight excluding hydrogens is 382 g/mol. The van der Waals surface area contributed by atoms with Gasteiger partial charge in [-0.3, -0.25) is 5.43 Å². The monoisotopic (exact) mass is 397 g/mol. The van der Waals surface area contributed by atoms with E-state index in [0.29, 0.717) is 23.0 Å². The summed E-state index contributed by atoms with van der Waals surface area (Å²) in [5.74, 6) is 1.46. The lowest BCUT2D eigenvalue weighted by atomic mass is 10.2. The van der Waals surface area contributed by atoms with Crippen molar-refractivity contribution >= 4 is 45.0 Å². The van der Waals surface area contributed by atoms with Gasteiger partial charge >= 0.3 is 0 Å². The minimum absolute atomic E-state index is 0.0952. The van der Waals surface area contributed by atoms with Gasteiger partial charge in [-0.05, 0) is 42.9 Å². The number of hydrazone groups is 1. The first-order valence-electron chi connectivity index (χ1n) is 7.58. The van der Waals surface area contributed by atoms with Crippen molar-refractivity contribution < 1.29 is 12.8 Å². The van der Waals surface area contributed by atoms with Crippen molar-refractivity contribution in [1.29, 1.82) is 0 Å². The Morgan fingerprint density at radius 1 is 1.32 bits per heavy atom. The highest BCUT2D eigenvalue weighted by Gasteiger charge is 2.28. The maximum atomic E-state index is 11.4. The number of sulfone groups is 1. The van der Waals surface area contributed by atoms with Gasteiger partial charge < -0.3 is 9.73 Å². The number of hydrogen-bond acceptors (Lipinski definition) is 5. The van der Waals surface area contributed by atoms with E-state index in [4.69, 9.17) is 28.2 Å². The molecule has 0 saturated carbocycles. The smallest absolute Gasteiger partial charge is 0.187 e. The van der Waals surface area contributed by atoms with E-state index >= 15 is 0 Å². The predicted molar refractivity (Wildman–Crippen MR) is 103 cm³/mol. The second kappa shape index (κ2) is 7.55. The molecule has 0 amide bonds. The van der Waals surface area contributed by atoms with E-state index in [1.54, 1.807) is 12.1 Å². The molecule has 0 unspecified atom stereocenters. The van der Waals surface area contributed by atoms with Crippen LogP contribution in [0.5, 0.6) is 0 Å². The molecular formula is C16H16ClN3O3S2. The van der Waals surface area contributed by atoms with Crippen LogP contribution in [0.4, 0.5) is 0 Å². The topological polar surface area (TPSA) is 83.7 Å². The molecule has 0 aliphatic carbocycles. The molecule has 2 N–H and O–H groups in total. The van der Waals surface area contributed by atoms with Crippen molar-refractivity contribution in [2.45, 2.75) is 12.5 Å². The third kappa shape index (κ3) is 4.81. The van der Waals surface area contributed by atoms with Crippen LogP contribution >= 0.6 is 23.8 Å². The van der Waals surface area contributed by atoms with Gasteiger partial charge in [-0.2, -0.15) is 5.10 Å². The van der Waals surface area contributed by atoms with Gasteiger partial charge in [0.25, 0.3) is 0 Å². The zero-order valence-corrected chi connectivity index (χ0v) is 15.5. The van der Waals surface area contributed by atoms with Crippen molar-refractivity contribution in [3.8, 4) is 11.3 Å². The molecule has 1 atom stereocenters. The molecule has 2 aromatic rings. The number of nitrogens with one attached hydrogen (secondary N) is 2. The number of furan rings is 1. The van der Waals surface area contributed by atoms with Crippen molar-refractivity contribution in [2.75, 3.05) is 11.5 Å². The summed E-state index contributed by atoms with van der Waals surface area (Å²) >= 11 is 11.2. The summed E-state index contributed by atoms with van der Waals surface area (Å²) in [6, 6.07) is 10.8. The Morgan fingerprint density at radius 2 is 2.12 bits per heavy atom. The SMILES string of the molecule is O=S1(=O)CC[C@@H](NC(=S)N/N=C\c2ccc(-c3ccccc3Cl)o2)C1. The van der Waals surface area contributed by atoms with Crippen LogP contribution in [0.15, 0.2) is 45.9 Å². The standard InChI is InChI=1S/C16H16ClN3O3S2/c17-14-4-2-1-3-13(14)15-6-5-12(23-15)9-18-20-16(24)19-11-7-8-25(21,22)10-11/h1-6,9,11H,7-8,10H2,(H2,19,20,24)/b18-9-/t11-/m1/s1. The molecule has 9 heteroatoms. The zero-order valence-electron chi connectivity index (χ0n) is 13.1. The summed E-state index contributed by atoms with van der Waals surface area (Å²) in [6.45, 7) is 0. The average Bonchev–Trinajstić information content (AvgIpc) is 3.14. The summed E-state index contributed by atoms with van der Waals surface area (Å²) in [4.78, 5) is 0. The highest BCUT2D eigenvalue weighted by atomic mass is 35.5. The Morgan fingerprint density at radius 3 is 2.84 bits per heavy atom. The summed E-state index contributed by atoms with van der Waals surface area (Å²) in [5.41, 5.74) is 3.46. The Labute approximate surface area is 156 Å². The van der Waals surface area contributed by atoms with E-state index in [1.165, 1.54) is 6.21 Å². The van der Waals surface area contributed by atoms with Crippen molar-refractivity contribution in [3.63, 3.8) is 0 Å². The maximum Gasteiger partial charge on any atom is 0.187 e. The number of thiocarbonyl (C=S) groups is 1. The molecule has 1 aromatic carbocycles. The van der Waals surface area contributed by atoms with Gasteiger partial charge in [0.05, 0.1) is 22.7 Å². The third-order valence-corrected chi connectivity index (χ3v) is 6.00. The lowest BCUT2D eigenvalue weighted by Crippen LogP contribution is -2.40. The molecule has 1 aromatic heterocycles. The molecule has 3 rings (SSSR count). The normalized spacial score (nSPS) is 19.2. The first kappa shape index (κ1) is 17.9. The summed E-state index contributed by atoms with van der Waals surface area (Å²) < 4.78 is 28.5. The lowest BCUT2D eigenvalue weighted by molar-refractivity contribution is 0.574. The van der Waals surface area contributed by atoms with Gasteiger partial charge in [0.15, 0.2) is 14.9 Å². The Kier molecular flexibility index (Phi) is 5.41. The highest BCUT2D eigenvalue weighted by molar-refractivity contribution is 7.91.